The molecule has 0 atom stereocenters. The Morgan fingerprint density at radius 3 is 3.05 bits per heavy atom. The third-order valence-corrected chi connectivity index (χ3v) is 3.57. The van der Waals surface area contributed by atoms with Crippen molar-refractivity contribution in [2.24, 2.45) is 0 Å². The number of aromatic amines is 1. The monoisotopic (exact) mass is 272 g/mol. The van der Waals surface area contributed by atoms with Gasteiger partial charge in [0.2, 0.25) is 5.91 Å². The van der Waals surface area contributed by atoms with Gasteiger partial charge in [-0.2, -0.15) is 0 Å². The SMILES string of the molecule is O=C(OCCN1CCCC1=O)c1cccc2cc[nH]c12. The molecule has 1 aromatic carbocycles. The molecule has 1 N–H and O–H groups in total. The average molecular weight is 272 g/mol. The highest BCUT2D eigenvalue weighted by Gasteiger charge is 2.20. The molecule has 0 aliphatic carbocycles. The van der Waals surface area contributed by atoms with E-state index in [1.807, 2.05) is 18.2 Å². The molecule has 0 spiro atoms. The smallest absolute Gasteiger partial charge is 0.340 e. The van der Waals surface area contributed by atoms with Crippen molar-refractivity contribution in [2.75, 3.05) is 19.7 Å². The third kappa shape index (κ3) is 2.39. The van der Waals surface area contributed by atoms with Gasteiger partial charge in [-0.1, -0.05) is 12.1 Å². The summed E-state index contributed by atoms with van der Waals surface area (Å²) < 4.78 is 5.26. The van der Waals surface area contributed by atoms with Crippen LogP contribution in [0.5, 0.6) is 0 Å². The number of nitrogens with one attached hydrogen (secondary N) is 1. The largest absolute Gasteiger partial charge is 0.460 e. The van der Waals surface area contributed by atoms with Crippen LogP contribution < -0.4 is 0 Å². The van der Waals surface area contributed by atoms with Crippen molar-refractivity contribution >= 4 is 22.8 Å². The fourth-order valence-electron chi connectivity index (χ4n) is 2.52. The molecule has 3 rings (SSSR count). The highest BCUT2D eigenvalue weighted by Crippen LogP contribution is 2.17. The number of para-hydroxylation sites is 1. The molecule has 5 heteroatoms. The number of hydrogen-bond acceptors (Lipinski definition) is 3. The van der Waals surface area contributed by atoms with E-state index in [4.69, 9.17) is 4.74 Å². The van der Waals surface area contributed by atoms with Crippen LogP contribution in [0.4, 0.5) is 0 Å². The van der Waals surface area contributed by atoms with E-state index in [1.54, 1.807) is 17.2 Å². The van der Waals surface area contributed by atoms with Crippen LogP contribution in [-0.4, -0.2) is 41.5 Å². The maximum atomic E-state index is 12.1. The summed E-state index contributed by atoms with van der Waals surface area (Å²) in [6.07, 6.45) is 3.30. The van der Waals surface area contributed by atoms with Gasteiger partial charge in [0.05, 0.1) is 17.6 Å². The van der Waals surface area contributed by atoms with Gasteiger partial charge in [-0.15, -0.1) is 0 Å². The lowest BCUT2D eigenvalue weighted by atomic mass is 10.1. The lowest BCUT2D eigenvalue weighted by Crippen LogP contribution is -2.29. The number of H-pyrrole nitrogens is 1. The topological polar surface area (TPSA) is 62.4 Å². The molecule has 104 valence electrons. The summed E-state index contributed by atoms with van der Waals surface area (Å²) in [6.45, 7) is 1.48. The van der Waals surface area contributed by atoms with Crippen molar-refractivity contribution in [1.29, 1.82) is 0 Å². The molecule has 2 aromatic rings. The van der Waals surface area contributed by atoms with Crippen LogP contribution in [0.2, 0.25) is 0 Å². The number of likely N-dealkylation sites (tertiary alicyclic amines) is 1. The lowest BCUT2D eigenvalue weighted by molar-refractivity contribution is -0.128. The van der Waals surface area contributed by atoms with E-state index in [0.717, 1.165) is 23.9 Å². The summed E-state index contributed by atoms with van der Waals surface area (Å²) >= 11 is 0. The second-order valence-corrected chi connectivity index (χ2v) is 4.87. The molecule has 0 unspecified atom stereocenters. The summed E-state index contributed by atoms with van der Waals surface area (Å²) in [4.78, 5) is 28.3. The molecule has 1 fully saturated rings. The maximum Gasteiger partial charge on any atom is 0.340 e. The first-order valence-corrected chi connectivity index (χ1v) is 6.77. The molecule has 1 aliphatic rings. The summed E-state index contributed by atoms with van der Waals surface area (Å²) in [6, 6.07) is 7.42. The Morgan fingerprint density at radius 1 is 1.35 bits per heavy atom. The van der Waals surface area contributed by atoms with E-state index in [1.165, 1.54) is 0 Å². The zero-order valence-electron chi connectivity index (χ0n) is 11.1. The van der Waals surface area contributed by atoms with Crippen LogP contribution in [0.25, 0.3) is 10.9 Å². The molecule has 0 saturated carbocycles. The van der Waals surface area contributed by atoms with E-state index in [2.05, 4.69) is 4.98 Å². The summed E-state index contributed by atoms with van der Waals surface area (Å²) in [5, 5.41) is 0.981. The van der Waals surface area contributed by atoms with E-state index in [0.29, 0.717) is 18.5 Å². The van der Waals surface area contributed by atoms with Gasteiger partial charge in [0, 0.05) is 24.5 Å². The number of ether oxygens (including phenoxy) is 1. The second kappa shape index (κ2) is 5.36. The normalized spacial score (nSPS) is 15.0. The first kappa shape index (κ1) is 12.7. The number of carbonyl (C=O) groups excluding carboxylic acids is 2. The summed E-state index contributed by atoms with van der Waals surface area (Å²) in [5.41, 5.74) is 1.31. The van der Waals surface area contributed by atoms with E-state index < -0.39 is 0 Å². The molecule has 0 radical (unpaired) electrons. The molecular formula is C15H16N2O3. The minimum atomic E-state index is -0.357. The zero-order chi connectivity index (χ0) is 13.9. The van der Waals surface area contributed by atoms with E-state index >= 15 is 0 Å². The molecule has 1 aliphatic heterocycles. The lowest BCUT2D eigenvalue weighted by Gasteiger charge is -2.15. The fraction of sp³-hybridized carbons (Fsp3) is 0.333. The number of benzene rings is 1. The Kier molecular flexibility index (Phi) is 3.41. The summed E-state index contributed by atoms with van der Waals surface area (Å²) in [7, 11) is 0. The van der Waals surface area contributed by atoms with Crippen LogP contribution in [0, 0.1) is 0 Å². The first-order valence-electron chi connectivity index (χ1n) is 6.77. The first-order chi connectivity index (χ1) is 9.75. The van der Waals surface area contributed by atoms with Crippen molar-refractivity contribution in [3.05, 3.63) is 36.0 Å². The van der Waals surface area contributed by atoms with Crippen molar-refractivity contribution in [3.63, 3.8) is 0 Å². The zero-order valence-corrected chi connectivity index (χ0v) is 11.1. The number of fused-ring (bicyclic) bond motifs is 1. The average Bonchev–Trinajstić information content (AvgIpc) is 3.07. The van der Waals surface area contributed by atoms with E-state index in [-0.39, 0.29) is 18.5 Å². The third-order valence-electron chi connectivity index (χ3n) is 3.57. The van der Waals surface area contributed by atoms with Gasteiger partial charge >= 0.3 is 5.97 Å². The molecule has 1 saturated heterocycles. The molecular weight excluding hydrogens is 256 g/mol. The molecule has 20 heavy (non-hydrogen) atoms. The van der Waals surface area contributed by atoms with E-state index in [9.17, 15) is 9.59 Å². The van der Waals surface area contributed by atoms with Gasteiger partial charge in [0.25, 0.3) is 0 Å². The van der Waals surface area contributed by atoms with Gasteiger partial charge in [-0.25, -0.2) is 4.79 Å². The number of hydrogen-bond donors (Lipinski definition) is 1. The van der Waals surface area contributed by atoms with Crippen LogP contribution in [0.1, 0.15) is 23.2 Å². The molecule has 2 heterocycles. The second-order valence-electron chi connectivity index (χ2n) is 4.87. The number of carbonyl (C=O) groups is 2. The number of esters is 1. The Labute approximate surface area is 116 Å². The van der Waals surface area contributed by atoms with Gasteiger partial charge in [-0.05, 0) is 18.6 Å². The fourth-order valence-corrected chi connectivity index (χ4v) is 2.52. The highest BCUT2D eigenvalue weighted by molar-refractivity contribution is 6.02. The Morgan fingerprint density at radius 2 is 2.25 bits per heavy atom. The molecule has 0 bridgehead atoms. The maximum absolute atomic E-state index is 12.1. The Bertz CT molecular complexity index is 647. The number of amides is 1. The Hall–Kier alpha value is -2.30. The van der Waals surface area contributed by atoms with Gasteiger partial charge in [0.1, 0.15) is 6.61 Å². The predicted octanol–water partition coefficient (Wildman–Crippen LogP) is 1.95. The standard InChI is InChI=1S/C15H16N2O3/c18-13-5-2-8-17(13)9-10-20-15(19)12-4-1-3-11-6-7-16-14(11)12/h1,3-4,6-7,16H,2,5,8-10H2. The van der Waals surface area contributed by atoms with Gasteiger partial charge in [0.15, 0.2) is 0 Å². The minimum absolute atomic E-state index is 0.146. The van der Waals surface area contributed by atoms with Crippen molar-refractivity contribution in [2.45, 2.75) is 12.8 Å². The van der Waals surface area contributed by atoms with Crippen molar-refractivity contribution < 1.29 is 14.3 Å². The molecule has 1 aromatic heterocycles. The summed E-state index contributed by atoms with van der Waals surface area (Å²) in [5.74, 6) is -0.211. The van der Waals surface area contributed by atoms with Crippen LogP contribution >= 0.6 is 0 Å². The van der Waals surface area contributed by atoms with Gasteiger partial charge < -0.3 is 14.6 Å². The quantitative estimate of drug-likeness (QED) is 0.865. The van der Waals surface area contributed by atoms with Crippen LogP contribution in [0.15, 0.2) is 30.5 Å². The van der Waals surface area contributed by atoms with Crippen molar-refractivity contribution in [1.82, 2.24) is 9.88 Å². The predicted molar refractivity (Wildman–Crippen MR) is 74.4 cm³/mol. The van der Waals surface area contributed by atoms with Crippen LogP contribution in [0.3, 0.4) is 0 Å². The molecule has 1 amide bonds. The highest BCUT2D eigenvalue weighted by atomic mass is 16.5. The number of aromatic nitrogens is 1. The number of rotatable bonds is 4. The molecule has 5 nitrogen and oxygen atoms in total. The van der Waals surface area contributed by atoms with Crippen molar-refractivity contribution in [3.8, 4) is 0 Å². The van der Waals surface area contributed by atoms with Crippen LogP contribution in [-0.2, 0) is 9.53 Å². The Balaban J connectivity index is 1.62. The minimum Gasteiger partial charge on any atom is -0.460 e. The van der Waals surface area contributed by atoms with Gasteiger partial charge in [-0.3, -0.25) is 4.79 Å². The number of nitrogens with zero attached hydrogens (tertiary/aromatic N) is 1.